The first kappa shape index (κ1) is 14.2. The molecular formula is C15H25NO. The van der Waals surface area contributed by atoms with E-state index in [-0.39, 0.29) is 12.1 Å². The molecule has 0 heterocycles. The van der Waals surface area contributed by atoms with E-state index in [9.17, 15) is 0 Å². The van der Waals surface area contributed by atoms with Gasteiger partial charge in [-0.2, -0.15) is 0 Å². The quantitative estimate of drug-likeness (QED) is 0.846. The van der Waals surface area contributed by atoms with Crippen molar-refractivity contribution in [3.63, 3.8) is 0 Å². The molecule has 0 saturated heterocycles. The maximum atomic E-state index is 5.64. The molecule has 0 bridgehead atoms. The molecule has 0 fully saturated rings. The third-order valence-electron chi connectivity index (χ3n) is 3.33. The summed E-state index contributed by atoms with van der Waals surface area (Å²) in [4.78, 5) is 0. The molecule has 0 aliphatic rings. The number of aryl methyl sites for hydroxylation is 2. The Kier molecular flexibility index (Phi) is 5.16. The molecule has 1 rings (SSSR count). The topological polar surface area (TPSA) is 21.3 Å². The molecule has 2 unspecified atom stereocenters. The lowest BCUT2D eigenvalue weighted by Crippen LogP contribution is -2.35. The van der Waals surface area contributed by atoms with Gasteiger partial charge in [0.15, 0.2) is 0 Å². The Labute approximate surface area is 105 Å². The van der Waals surface area contributed by atoms with Gasteiger partial charge in [0, 0.05) is 7.11 Å². The summed E-state index contributed by atoms with van der Waals surface area (Å²) in [5.74, 6) is 0.484. The molecule has 2 nitrogen and oxygen atoms in total. The fraction of sp³-hybridized carbons (Fsp3) is 0.600. The van der Waals surface area contributed by atoms with Gasteiger partial charge in [0.1, 0.15) is 0 Å². The normalized spacial score (nSPS) is 15.0. The maximum absolute atomic E-state index is 5.64. The highest BCUT2D eigenvalue weighted by molar-refractivity contribution is 5.33. The molecule has 1 aromatic rings. The predicted octanol–water partition coefficient (Wildman–Crippen LogP) is 3.23. The third-order valence-corrected chi connectivity index (χ3v) is 3.33. The molecule has 0 radical (unpaired) electrons. The van der Waals surface area contributed by atoms with Crippen LogP contribution in [0.3, 0.4) is 0 Å². The minimum absolute atomic E-state index is 0.196. The van der Waals surface area contributed by atoms with Crippen LogP contribution in [-0.4, -0.2) is 20.3 Å². The fourth-order valence-corrected chi connectivity index (χ4v) is 2.46. The molecule has 1 aromatic carbocycles. The second-order valence-electron chi connectivity index (χ2n) is 5.07. The van der Waals surface area contributed by atoms with E-state index < -0.39 is 0 Å². The van der Waals surface area contributed by atoms with Gasteiger partial charge in [0.25, 0.3) is 0 Å². The van der Waals surface area contributed by atoms with Crippen LogP contribution in [0.1, 0.15) is 36.6 Å². The summed E-state index contributed by atoms with van der Waals surface area (Å²) < 4.78 is 5.64. The number of methoxy groups -OCH3 is 1. The van der Waals surface area contributed by atoms with Crippen molar-refractivity contribution in [1.29, 1.82) is 0 Å². The van der Waals surface area contributed by atoms with Crippen molar-refractivity contribution in [3.05, 3.63) is 34.9 Å². The van der Waals surface area contributed by atoms with Crippen molar-refractivity contribution >= 4 is 0 Å². The second-order valence-corrected chi connectivity index (χ2v) is 5.07. The molecule has 96 valence electrons. The molecular weight excluding hydrogens is 210 g/mol. The number of hydrogen-bond donors (Lipinski definition) is 1. The highest BCUT2D eigenvalue weighted by Crippen LogP contribution is 2.27. The average molecular weight is 235 g/mol. The molecule has 2 atom stereocenters. The van der Waals surface area contributed by atoms with Crippen LogP contribution in [0.15, 0.2) is 18.2 Å². The molecule has 0 amide bonds. The molecule has 0 aromatic heterocycles. The Morgan fingerprint density at radius 2 is 1.82 bits per heavy atom. The highest BCUT2D eigenvalue weighted by atomic mass is 16.5. The number of likely N-dealkylation sites (N-methyl/N-ethyl adjacent to an activating group) is 1. The van der Waals surface area contributed by atoms with Crippen LogP contribution in [0.4, 0.5) is 0 Å². The van der Waals surface area contributed by atoms with Crippen molar-refractivity contribution in [2.75, 3.05) is 14.2 Å². The van der Waals surface area contributed by atoms with Crippen LogP contribution < -0.4 is 5.32 Å². The Bertz CT molecular complexity index is 360. The Morgan fingerprint density at radius 3 is 2.24 bits per heavy atom. The van der Waals surface area contributed by atoms with E-state index in [1.165, 1.54) is 16.7 Å². The van der Waals surface area contributed by atoms with Gasteiger partial charge >= 0.3 is 0 Å². The lowest BCUT2D eigenvalue weighted by Gasteiger charge is -2.30. The van der Waals surface area contributed by atoms with E-state index in [1.807, 2.05) is 7.05 Å². The van der Waals surface area contributed by atoms with E-state index in [2.05, 4.69) is 51.2 Å². The van der Waals surface area contributed by atoms with Gasteiger partial charge in [0.2, 0.25) is 0 Å². The summed E-state index contributed by atoms with van der Waals surface area (Å²) in [6.07, 6.45) is 0.196. The van der Waals surface area contributed by atoms with Crippen LogP contribution in [0.2, 0.25) is 0 Å². The summed E-state index contributed by atoms with van der Waals surface area (Å²) in [6.45, 7) is 8.69. The monoisotopic (exact) mass is 235 g/mol. The molecule has 17 heavy (non-hydrogen) atoms. The van der Waals surface area contributed by atoms with E-state index in [4.69, 9.17) is 4.74 Å². The Morgan fingerprint density at radius 1 is 1.18 bits per heavy atom. The molecule has 0 aliphatic carbocycles. The zero-order valence-electron chi connectivity index (χ0n) is 11.9. The summed E-state index contributed by atoms with van der Waals surface area (Å²) >= 11 is 0. The van der Waals surface area contributed by atoms with Gasteiger partial charge in [-0.1, -0.05) is 37.6 Å². The van der Waals surface area contributed by atoms with Gasteiger partial charge < -0.3 is 10.1 Å². The predicted molar refractivity (Wildman–Crippen MR) is 73.4 cm³/mol. The van der Waals surface area contributed by atoms with Crippen LogP contribution in [0.5, 0.6) is 0 Å². The van der Waals surface area contributed by atoms with Gasteiger partial charge in [-0.25, -0.2) is 0 Å². The number of nitrogens with one attached hydrogen (secondary N) is 1. The number of ether oxygens (including phenoxy) is 1. The van der Waals surface area contributed by atoms with Crippen LogP contribution in [0.25, 0.3) is 0 Å². The average Bonchev–Trinajstić information content (AvgIpc) is 2.26. The van der Waals surface area contributed by atoms with Gasteiger partial charge in [0.05, 0.1) is 12.1 Å². The lowest BCUT2D eigenvalue weighted by atomic mass is 9.90. The van der Waals surface area contributed by atoms with E-state index in [0.717, 1.165) is 0 Å². The zero-order valence-corrected chi connectivity index (χ0v) is 11.9. The molecule has 2 heteroatoms. The summed E-state index contributed by atoms with van der Waals surface area (Å²) in [5, 5.41) is 3.39. The van der Waals surface area contributed by atoms with E-state index in [1.54, 1.807) is 7.11 Å². The summed E-state index contributed by atoms with van der Waals surface area (Å²) in [6, 6.07) is 6.85. The molecule has 1 N–H and O–H groups in total. The minimum Gasteiger partial charge on any atom is -0.379 e. The standard InChI is InChI=1S/C15H25NO/c1-10(2)15(17-6)14(16-5)13-8-7-11(3)9-12(13)4/h7-10,14-16H,1-6H3. The molecule has 0 aliphatic heterocycles. The van der Waals surface area contributed by atoms with Gasteiger partial charge in [-0.05, 0) is 37.9 Å². The number of hydrogen-bond acceptors (Lipinski definition) is 2. The summed E-state index contributed by atoms with van der Waals surface area (Å²) in [5.41, 5.74) is 3.96. The first-order valence-corrected chi connectivity index (χ1v) is 6.28. The van der Waals surface area contributed by atoms with Crippen LogP contribution >= 0.6 is 0 Å². The number of benzene rings is 1. The van der Waals surface area contributed by atoms with Gasteiger partial charge in [-0.15, -0.1) is 0 Å². The molecule has 0 spiro atoms. The SMILES string of the molecule is CNC(c1ccc(C)cc1C)C(OC)C(C)C. The second kappa shape index (κ2) is 6.18. The lowest BCUT2D eigenvalue weighted by molar-refractivity contribution is 0.0346. The zero-order chi connectivity index (χ0) is 13.0. The first-order chi connectivity index (χ1) is 8.01. The van der Waals surface area contributed by atoms with Crippen molar-refractivity contribution in [3.8, 4) is 0 Å². The minimum atomic E-state index is 0.196. The van der Waals surface area contributed by atoms with E-state index in [0.29, 0.717) is 5.92 Å². The van der Waals surface area contributed by atoms with Crippen molar-refractivity contribution in [1.82, 2.24) is 5.32 Å². The smallest absolute Gasteiger partial charge is 0.0788 e. The van der Waals surface area contributed by atoms with Crippen molar-refractivity contribution < 1.29 is 4.74 Å². The maximum Gasteiger partial charge on any atom is 0.0788 e. The Hall–Kier alpha value is -0.860. The largest absolute Gasteiger partial charge is 0.379 e. The fourth-order valence-electron chi connectivity index (χ4n) is 2.46. The summed E-state index contributed by atoms with van der Waals surface area (Å²) in [7, 11) is 3.79. The Balaban J connectivity index is 3.08. The highest BCUT2D eigenvalue weighted by Gasteiger charge is 2.25. The van der Waals surface area contributed by atoms with Crippen molar-refractivity contribution in [2.24, 2.45) is 5.92 Å². The third kappa shape index (κ3) is 3.30. The number of rotatable bonds is 5. The first-order valence-electron chi connectivity index (χ1n) is 6.28. The van der Waals surface area contributed by atoms with E-state index >= 15 is 0 Å². The van der Waals surface area contributed by atoms with Gasteiger partial charge in [-0.3, -0.25) is 0 Å². The van der Waals surface area contributed by atoms with Crippen molar-refractivity contribution in [2.45, 2.75) is 39.8 Å². The van der Waals surface area contributed by atoms with Crippen LogP contribution in [0, 0.1) is 19.8 Å². The van der Waals surface area contributed by atoms with Crippen LogP contribution in [-0.2, 0) is 4.74 Å². The molecule has 0 saturated carbocycles.